The van der Waals surface area contributed by atoms with Gasteiger partial charge in [0.1, 0.15) is 104 Å². The number of ether oxygens (including phenoxy) is 10. The number of esters is 2. The number of carboxylic acid groups (broad SMARTS) is 1. The minimum atomic E-state index is -2.28. The Kier molecular flexibility index (Phi) is 19.3. The highest BCUT2D eigenvalue weighted by Crippen LogP contribution is 2.76. The third-order valence-corrected chi connectivity index (χ3v) is 22.2. The zero-order chi connectivity index (χ0) is 63.3. The largest absolute Gasteiger partial charge is 0.479 e. The summed E-state index contributed by atoms with van der Waals surface area (Å²) in [6, 6.07) is 0. The Labute approximate surface area is 498 Å². The summed E-state index contributed by atoms with van der Waals surface area (Å²) in [7, 11) is 0. The molecule has 488 valence electrons. The molecule has 9 rings (SSSR count). The van der Waals surface area contributed by atoms with E-state index in [4.69, 9.17) is 47.4 Å². The predicted molar refractivity (Wildman–Crippen MR) is 289 cm³/mol. The van der Waals surface area contributed by atoms with Crippen molar-refractivity contribution in [3.05, 3.63) is 23.3 Å². The van der Waals surface area contributed by atoms with Gasteiger partial charge in [-0.2, -0.15) is 0 Å². The Balaban J connectivity index is 1.05. The maximum atomic E-state index is 14.2. The number of carboxylic acids is 1. The Morgan fingerprint density at radius 1 is 0.686 bits per heavy atom. The molecule has 4 heterocycles. The lowest BCUT2D eigenvalue weighted by Crippen LogP contribution is -2.72. The first-order chi connectivity index (χ1) is 40.2. The minimum absolute atomic E-state index is 0.112. The second-order valence-electron chi connectivity index (χ2n) is 27.3. The average molecular weight is 1230 g/mol. The Hall–Kier alpha value is -3.24. The van der Waals surface area contributed by atoms with Crippen molar-refractivity contribution < 1.29 is 133 Å². The van der Waals surface area contributed by atoms with Gasteiger partial charge < -0.3 is 119 Å². The maximum absolute atomic E-state index is 14.2. The minimum Gasteiger partial charge on any atom is -0.479 e. The van der Waals surface area contributed by atoms with Crippen LogP contribution in [0.25, 0.3) is 0 Å². The van der Waals surface area contributed by atoms with Crippen LogP contribution in [0.5, 0.6) is 0 Å². The van der Waals surface area contributed by atoms with Gasteiger partial charge in [-0.1, -0.05) is 59.3 Å². The van der Waals surface area contributed by atoms with Crippen LogP contribution in [0.3, 0.4) is 0 Å². The zero-order valence-corrected chi connectivity index (χ0v) is 50.0. The number of aliphatic carboxylic acids is 1. The number of carbonyl (C=O) groups is 4. The molecule has 5 aliphatic carbocycles. The molecule has 27 nitrogen and oxygen atoms in total. The van der Waals surface area contributed by atoms with Gasteiger partial charge in [0.15, 0.2) is 31.3 Å². The van der Waals surface area contributed by atoms with Crippen molar-refractivity contribution in [3.8, 4) is 0 Å². The molecule has 0 aromatic rings. The zero-order valence-electron chi connectivity index (χ0n) is 50.0. The molecule has 0 spiro atoms. The highest BCUT2D eigenvalue weighted by atomic mass is 16.8. The van der Waals surface area contributed by atoms with Gasteiger partial charge in [-0.3, -0.25) is 4.79 Å². The third-order valence-electron chi connectivity index (χ3n) is 22.2. The molecule has 9 aliphatic rings. The van der Waals surface area contributed by atoms with Crippen molar-refractivity contribution in [2.45, 2.75) is 242 Å². The molecule has 0 amide bonds. The van der Waals surface area contributed by atoms with E-state index in [0.29, 0.717) is 37.7 Å². The molecule has 30 atom stereocenters. The van der Waals surface area contributed by atoms with Gasteiger partial charge in [0, 0.05) is 17.9 Å². The number of hydrogen-bond donors (Lipinski definition) is 13. The first-order valence-electron chi connectivity index (χ1n) is 29.8. The monoisotopic (exact) mass is 1230 g/mol. The van der Waals surface area contributed by atoms with E-state index in [2.05, 4.69) is 26.8 Å². The SMILES string of the molecule is C/C=C(/C)C(=O)O[C@H]1[C@H](O)[C@]2(COC(C)=O)[C@H](O)C[C@]3(C)C(=CC[C@@H]4[C@@]5(C)CC[C@H](O[C@@H]6O[C@H](C(=O)O)[C@@H](O)[C@H](O[C@@H]7OC[C@H](O)[C@H](O)[C@H]7O[C@@H]7OC[C@@H](O)[C@H](O)C7O)[C@H]6O[C@@H]6O[C@H](CO)[C@H](O)[C@H](O)[C@H]6O)[C@@](C)(C=O)[C@@H]5CC[C@]43C)[C@@H]2CC1(C)C. The molecule has 27 heteroatoms. The molecular weight excluding hydrogens is 1140 g/mol. The number of aliphatic hydroxyl groups is 12. The number of carbonyl (C=O) groups excluding carboxylic acids is 3. The average Bonchev–Trinajstić information content (AvgIpc) is 0.771. The third kappa shape index (κ3) is 11.0. The fourth-order valence-corrected chi connectivity index (χ4v) is 16.9. The second kappa shape index (κ2) is 24.8. The highest BCUT2D eigenvalue weighted by Gasteiger charge is 2.74. The first kappa shape index (κ1) is 67.2. The van der Waals surface area contributed by atoms with Crippen LogP contribution >= 0.6 is 0 Å². The highest BCUT2D eigenvalue weighted by molar-refractivity contribution is 5.87. The molecule has 0 bridgehead atoms. The molecule has 8 fully saturated rings. The first-order valence-corrected chi connectivity index (χ1v) is 29.8. The number of aldehydes is 1. The number of fused-ring (bicyclic) bond motifs is 7. The lowest BCUT2D eigenvalue weighted by atomic mass is 9.33. The normalized spacial score (nSPS) is 51.1. The van der Waals surface area contributed by atoms with Crippen LogP contribution in [0.1, 0.15) is 107 Å². The second-order valence-corrected chi connectivity index (χ2v) is 27.3. The predicted octanol–water partition coefficient (Wildman–Crippen LogP) is -2.01. The summed E-state index contributed by atoms with van der Waals surface area (Å²) in [6.07, 6.45) is -32.7. The van der Waals surface area contributed by atoms with Gasteiger partial charge in [0.2, 0.25) is 0 Å². The molecule has 4 saturated heterocycles. The van der Waals surface area contributed by atoms with E-state index in [1.54, 1.807) is 26.8 Å². The Morgan fingerprint density at radius 2 is 1.31 bits per heavy atom. The Morgan fingerprint density at radius 3 is 1.94 bits per heavy atom. The van der Waals surface area contributed by atoms with Crippen LogP contribution in [-0.4, -0.2) is 252 Å². The van der Waals surface area contributed by atoms with E-state index >= 15 is 0 Å². The lowest BCUT2D eigenvalue weighted by Gasteiger charge is -2.72. The van der Waals surface area contributed by atoms with Crippen molar-refractivity contribution in [1.29, 1.82) is 0 Å². The fourth-order valence-electron chi connectivity index (χ4n) is 16.9. The van der Waals surface area contributed by atoms with E-state index in [1.807, 2.05) is 13.8 Å². The summed E-state index contributed by atoms with van der Waals surface area (Å²) in [5.74, 6) is -4.18. The Bertz CT molecular complexity index is 2550. The summed E-state index contributed by atoms with van der Waals surface area (Å²) >= 11 is 0. The van der Waals surface area contributed by atoms with Gasteiger partial charge in [0.05, 0.1) is 42.9 Å². The van der Waals surface area contributed by atoms with E-state index in [-0.39, 0.29) is 25.4 Å². The lowest BCUT2D eigenvalue weighted by molar-refractivity contribution is -0.398. The topological polar surface area (TPSA) is 424 Å². The molecule has 4 aliphatic heterocycles. The fraction of sp³-hybridized carbons (Fsp3) is 0.864. The number of aliphatic hydroxyl groups excluding tert-OH is 12. The molecule has 0 aromatic heterocycles. The van der Waals surface area contributed by atoms with E-state index in [1.165, 1.54) is 6.92 Å². The summed E-state index contributed by atoms with van der Waals surface area (Å²) in [5, 5.41) is 145. The van der Waals surface area contributed by atoms with E-state index in [9.17, 15) is 85.6 Å². The molecule has 0 aromatic carbocycles. The van der Waals surface area contributed by atoms with Crippen molar-refractivity contribution in [2.75, 3.05) is 26.4 Å². The van der Waals surface area contributed by atoms with Crippen LogP contribution in [0, 0.1) is 50.2 Å². The van der Waals surface area contributed by atoms with Gasteiger partial charge >= 0.3 is 17.9 Å². The van der Waals surface area contributed by atoms with Crippen molar-refractivity contribution in [3.63, 3.8) is 0 Å². The van der Waals surface area contributed by atoms with Gasteiger partial charge in [-0.25, -0.2) is 9.59 Å². The summed E-state index contributed by atoms with van der Waals surface area (Å²) in [4.78, 5) is 53.3. The van der Waals surface area contributed by atoms with Crippen LogP contribution in [0.4, 0.5) is 0 Å². The van der Waals surface area contributed by atoms with Gasteiger partial charge in [-0.15, -0.1) is 0 Å². The molecule has 1 unspecified atom stereocenters. The number of hydrogen-bond acceptors (Lipinski definition) is 26. The summed E-state index contributed by atoms with van der Waals surface area (Å²) in [6.45, 7) is 14.1. The van der Waals surface area contributed by atoms with Crippen LogP contribution in [0.2, 0.25) is 0 Å². The van der Waals surface area contributed by atoms with Crippen LogP contribution in [0.15, 0.2) is 23.3 Å². The van der Waals surface area contributed by atoms with Crippen LogP contribution < -0.4 is 0 Å². The standard InChI is InChI=1S/C59H90O27/c1-10-24(2)49(76)86-47-46(73)59(23-79-25(3)62)27(17-54(47,4)5)26-11-12-32-55(6)15-14-34(56(7,22-61)31(55)13-16-57(32,8)58(26,9)18-33(59)65)81-53-45(85-51-40(71)38(69)37(68)30(19-60)80-51)42(41(72)43(83-53)48(74)75)82-52-44(36(67)29(64)21-78-52)84-50-39(70)35(66)28(63)20-77-50/h10-11,22,27-47,50-53,60,63-73H,12-21,23H2,1-9H3,(H,74,75)/b24-10-/t27-,28+,29-,30+,31+,32+,33+,34-,35-,36-,37-,38-,39?,40+,41-,42-,43-,44+,45+,46-,47-,50-,51-,52-,53+,55-,56-,57+,58+,59-/m0/s1. The molecule has 4 saturated carbocycles. The molecule has 13 N–H and O–H groups in total. The van der Waals surface area contributed by atoms with Crippen molar-refractivity contribution in [2.24, 2.45) is 50.2 Å². The number of rotatable bonds is 15. The summed E-state index contributed by atoms with van der Waals surface area (Å²) < 4.78 is 60.0. The maximum Gasteiger partial charge on any atom is 0.335 e. The summed E-state index contributed by atoms with van der Waals surface area (Å²) in [5.41, 5.74) is -4.42. The molecular formula is C59H90O27. The smallest absolute Gasteiger partial charge is 0.335 e. The van der Waals surface area contributed by atoms with Gasteiger partial charge in [0.25, 0.3) is 0 Å². The van der Waals surface area contributed by atoms with Crippen molar-refractivity contribution in [1.82, 2.24) is 0 Å². The molecule has 0 radical (unpaired) electrons. The van der Waals surface area contributed by atoms with Crippen molar-refractivity contribution >= 4 is 24.2 Å². The van der Waals surface area contributed by atoms with E-state index in [0.717, 1.165) is 11.9 Å². The van der Waals surface area contributed by atoms with E-state index < -0.39 is 217 Å². The van der Waals surface area contributed by atoms with Gasteiger partial charge in [-0.05, 0) is 92.8 Å². The number of allylic oxidation sites excluding steroid dienone is 3. The quantitative estimate of drug-likeness (QED) is 0.0277. The molecule has 86 heavy (non-hydrogen) atoms. The van der Waals surface area contributed by atoms with Crippen LogP contribution in [-0.2, 0) is 66.5 Å².